The zero-order valence-corrected chi connectivity index (χ0v) is 13.1. The fraction of sp³-hybridized carbons (Fsp3) is 0.562. The smallest absolute Gasteiger partial charge is 0.354 e. The Balaban J connectivity index is 2.07. The van der Waals surface area contributed by atoms with Gasteiger partial charge in [0.1, 0.15) is 5.69 Å². The van der Waals surface area contributed by atoms with E-state index in [1.807, 2.05) is 0 Å². The largest absolute Gasteiger partial charge is 0.477 e. The van der Waals surface area contributed by atoms with E-state index in [1.54, 1.807) is 7.11 Å². The molecule has 1 aromatic heterocycles. The predicted octanol–water partition coefficient (Wildman–Crippen LogP) is 2.10. The van der Waals surface area contributed by atoms with E-state index in [-0.39, 0.29) is 29.2 Å². The molecule has 1 aromatic rings. The first-order chi connectivity index (χ1) is 10.5. The first-order valence-electron chi connectivity index (χ1n) is 7.51. The molecule has 1 saturated carbocycles. The van der Waals surface area contributed by atoms with Crippen molar-refractivity contribution in [2.24, 2.45) is 5.41 Å². The Kier molecular flexibility index (Phi) is 4.81. The number of carboxylic acids is 1. The van der Waals surface area contributed by atoms with E-state index in [9.17, 15) is 9.59 Å². The van der Waals surface area contributed by atoms with Gasteiger partial charge in [-0.2, -0.15) is 0 Å². The number of pyridine rings is 1. The molecule has 0 saturated heterocycles. The lowest BCUT2D eigenvalue weighted by atomic mass is 9.58. The maximum atomic E-state index is 12.3. The van der Waals surface area contributed by atoms with Crippen molar-refractivity contribution in [2.45, 2.75) is 45.3 Å². The van der Waals surface area contributed by atoms with Gasteiger partial charge < -0.3 is 15.2 Å². The van der Waals surface area contributed by atoms with Crippen LogP contribution in [0.25, 0.3) is 0 Å². The highest BCUT2D eigenvalue weighted by atomic mass is 16.5. The molecule has 2 unspecified atom stereocenters. The molecule has 1 amide bonds. The van der Waals surface area contributed by atoms with Gasteiger partial charge in [0.25, 0.3) is 5.91 Å². The molecule has 120 valence electrons. The van der Waals surface area contributed by atoms with Gasteiger partial charge in [0.05, 0.1) is 11.7 Å². The molecule has 1 aliphatic rings. The molecule has 2 atom stereocenters. The summed E-state index contributed by atoms with van der Waals surface area (Å²) in [6.45, 7) is 4.22. The summed E-state index contributed by atoms with van der Waals surface area (Å²) in [5.74, 6) is -1.33. The predicted molar refractivity (Wildman–Crippen MR) is 80.9 cm³/mol. The Morgan fingerprint density at radius 2 is 2.09 bits per heavy atom. The van der Waals surface area contributed by atoms with Crippen LogP contribution in [0.3, 0.4) is 0 Å². The van der Waals surface area contributed by atoms with Crippen LogP contribution in [0.5, 0.6) is 0 Å². The summed E-state index contributed by atoms with van der Waals surface area (Å²) in [6.07, 6.45) is 4.13. The number of nitrogens with one attached hydrogen (secondary N) is 1. The van der Waals surface area contributed by atoms with E-state index in [2.05, 4.69) is 24.1 Å². The minimum absolute atomic E-state index is 0.0289. The van der Waals surface area contributed by atoms with Crippen molar-refractivity contribution < 1.29 is 19.4 Å². The first-order valence-corrected chi connectivity index (χ1v) is 7.51. The second-order valence-corrected chi connectivity index (χ2v) is 5.66. The number of carbonyl (C=O) groups is 2. The van der Waals surface area contributed by atoms with E-state index in [0.29, 0.717) is 5.56 Å². The van der Waals surface area contributed by atoms with Crippen LogP contribution in [-0.4, -0.2) is 41.2 Å². The fourth-order valence-corrected chi connectivity index (χ4v) is 3.38. The van der Waals surface area contributed by atoms with Gasteiger partial charge in [0.2, 0.25) is 0 Å². The molecule has 0 spiro atoms. The highest BCUT2D eigenvalue weighted by Gasteiger charge is 2.53. The van der Waals surface area contributed by atoms with Crippen LogP contribution in [0, 0.1) is 5.41 Å². The van der Waals surface area contributed by atoms with Crippen LogP contribution in [-0.2, 0) is 4.74 Å². The lowest BCUT2D eigenvalue weighted by molar-refractivity contribution is -0.120. The van der Waals surface area contributed by atoms with E-state index in [0.717, 1.165) is 19.3 Å². The molecule has 6 heteroatoms. The van der Waals surface area contributed by atoms with Crippen molar-refractivity contribution in [3.05, 3.63) is 29.6 Å². The number of nitrogens with zero attached hydrogens (tertiary/aromatic N) is 1. The number of ether oxygens (including phenoxy) is 1. The van der Waals surface area contributed by atoms with Crippen LogP contribution in [0.4, 0.5) is 0 Å². The number of carboxylic acid groups (broad SMARTS) is 1. The zero-order valence-electron chi connectivity index (χ0n) is 13.1. The van der Waals surface area contributed by atoms with Crippen molar-refractivity contribution >= 4 is 11.9 Å². The van der Waals surface area contributed by atoms with Crippen molar-refractivity contribution in [3.8, 4) is 0 Å². The van der Waals surface area contributed by atoms with E-state index >= 15 is 0 Å². The number of hydrogen-bond acceptors (Lipinski definition) is 4. The number of methoxy groups -OCH3 is 1. The van der Waals surface area contributed by atoms with Crippen LogP contribution in [0.1, 0.15) is 54.0 Å². The van der Waals surface area contributed by atoms with E-state index in [1.165, 1.54) is 18.3 Å². The molecule has 6 nitrogen and oxygen atoms in total. The molecule has 2 rings (SSSR count). The van der Waals surface area contributed by atoms with Gasteiger partial charge in [-0.25, -0.2) is 9.78 Å². The van der Waals surface area contributed by atoms with Crippen molar-refractivity contribution in [2.75, 3.05) is 7.11 Å². The van der Waals surface area contributed by atoms with Gasteiger partial charge in [-0.05, 0) is 31.4 Å². The number of aromatic nitrogens is 1. The summed E-state index contributed by atoms with van der Waals surface area (Å²) in [5, 5.41) is 11.9. The third-order valence-corrected chi connectivity index (χ3v) is 4.94. The second-order valence-electron chi connectivity index (χ2n) is 5.66. The van der Waals surface area contributed by atoms with Crippen LogP contribution in [0.15, 0.2) is 18.3 Å². The SMILES string of the molecule is CCC1(CC)C(NC(=O)c2ccc(C(=O)O)nc2)CC1OC. The molecule has 1 fully saturated rings. The monoisotopic (exact) mass is 306 g/mol. The van der Waals surface area contributed by atoms with Crippen LogP contribution in [0.2, 0.25) is 0 Å². The summed E-state index contributed by atoms with van der Waals surface area (Å²) in [7, 11) is 1.71. The summed E-state index contributed by atoms with van der Waals surface area (Å²) in [6, 6.07) is 2.89. The maximum absolute atomic E-state index is 12.3. The minimum Gasteiger partial charge on any atom is -0.477 e. The Labute approximate surface area is 129 Å². The summed E-state index contributed by atoms with van der Waals surface area (Å²) in [4.78, 5) is 26.8. The molecule has 0 aromatic carbocycles. The van der Waals surface area contributed by atoms with Gasteiger partial charge in [-0.15, -0.1) is 0 Å². The third-order valence-electron chi connectivity index (χ3n) is 4.94. The van der Waals surface area contributed by atoms with Gasteiger partial charge in [-0.3, -0.25) is 4.79 Å². The first kappa shape index (κ1) is 16.4. The number of hydrogen-bond donors (Lipinski definition) is 2. The Hall–Kier alpha value is -1.95. The Bertz CT molecular complexity index is 552. The van der Waals surface area contributed by atoms with Crippen molar-refractivity contribution in [1.82, 2.24) is 10.3 Å². The molecule has 0 bridgehead atoms. The van der Waals surface area contributed by atoms with Crippen LogP contribution >= 0.6 is 0 Å². The quantitative estimate of drug-likeness (QED) is 0.840. The molecular weight excluding hydrogens is 284 g/mol. The second kappa shape index (κ2) is 6.44. The van der Waals surface area contributed by atoms with Crippen molar-refractivity contribution in [3.63, 3.8) is 0 Å². The highest BCUT2D eigenvalue weighted by Crippen LogP contribution is 2.48. The molecule has 2 N–H and O–H groups in total. The maximum Gasteiger partial charge on any atom is 0.354 e. The third kappa shape index (κ3) is 2.70. The summed E-state index contributed by atoms with van der Waals surface area (Å²) >= 11 is 0. The standard InChI is InChI=1S/C16H22N2O4/c1-4-16(5-2)12(8-13(16)22-3)18-14(19)10-6-7-11(15(20)21)17-9-10/h6-7,9,12-13H,4-5,8H2,1-3H3,(H,18,19)(H,20,21). The molecule has 1 heterocycles. The topological polar surface area (TPSA) is 88.5 Å². The van der Waals surface area contributed by atoms with Gasteiger partial charge in [0.15, 0.2) is 0 Å². The van der Waals surface area contributed by atoms with Crippen LogP contribution < -0.4 is 5.32 Å². The zero-order chi connectivity index (χ0) is 16.3. The van der Waals surface area contributed by atoms with Crippen molar-refractivity contribution in [1.29, 1.82) is 0 Å². The molecule has 1 aliphatic carbocycles. The average Bonchev–Trinajstić information content (AvgIpc) is 2.52. The number of rotatable bonds is 6. The van der Waals surface area contributed by atoms with Gasteiger partial charge >= 0.3 is 5.97 Å². The molecule has 0 radical (unpaired) electrons. The lowest BCUT2D eigenvalue weighted by Crippen LogP contribution is -2.64. The molecule has 22 heavy (non-hydrogen) atoms. The summed E-state index contributed by atoms with van der Waals surface area (Å²) < 4.78 is 5.51. The molecular formula is C16H22N2O4. The average molecular weight is 306 g/mol. The number of amides is 1. The van der Waals surface area contributed by atoms with Gasteiger partial charge in [0, 0.05) is 24.8 Å². The Morgan fingerprint density at radius 3 is 2.55 bits per heavy atom. The van der Waals surface area contributed by atoms with Gasteiger partial charge in [-0.1, -0.05) is 13.8 Å². The highest BCUT2D eigenvalue weighted by molar-refractivity contribution is 5.95. The molecule has 0 aliphatic heterocycles. The number of aromatic carboxylic acids is 1. The van der Waals surface area contributed by atoms with E-state index in [4.69, 9.17) is 9.84 Å². The van der Waals surface area contributed by atoms with E-state index < -0.39 is 5.97 Å². The normalized spacial score (nSPS) is 22.7. The Morgan fingerprint density at radius 1 is 1.41 bits per heavy atom. The fourth-order valence-electron chi connectivity index (χ4n) is 3.38. The lowest BCUT2D eigenvalue weighted by Gasteiger charge is -2.55. The summed E-state index contributed by atoms with van der Waals surface area (Å²) in [5.41, 5.74) is 0.266. The number of carbonyl (C=O) groups excluding carboxylic acids is 1. The minimum atomic E-state index is -1.11.